The molecule has 1 aromatic heterocycles. The van der Waals surface area contributed by atoms with Crippen LogP contribution in [0.1, 0.15) is 31.9 Å². The summed E-state index contributed by atoms with van der Waals surface area (Å²) in [6.45, 7) is 2.12. The number of hydrogen-bond donors (Lipinski definition) is 1. The monoisotopic (exact) mass is 242 g/mol. The Morgan fingerprint density at radius 2 is 2.06 bits per heavy atom. The van der Waals surface area contributed by atoms with Gasteiger partial charge >= 0.3 is 0 Å². The molecule has 2 atom stereocenters. The zero-order valence-corrected chi connectivity index (χ0v) is 10.6. The van der Waals surface area contributed by atoms with Crippen LogP contribution >= 0.6 is 0 Å². The van der Waals surface area contributed by atoms with Gasteiger partial charge in [-0.2, -0.15) is 5.10 Å². The van der Waals surface area contributed by atoms with Crippen molar-refractivity contribution in [3.8, 4) is 5.69 Å². The second-order valence-electron chi connectivity index (χ2n) is 5.18. The van der Waals surface area contributed by atoms with Gasteiger partial charge in [0.05, 0.1) is 11.4 Å². The van der Waals surface area contributed by atoms with Gasteiger partial charge in [-0.15, -0.1) is 0 Å². The lowest BCUT2D eigenvalue weighted by molar-refractivity contribution is -0.00192. The third-order valence-electron chi connectivity index (χ3n) is 4.10. The molecule has 1 fully saturated rings. The van der Waals surface area contributed by atoms with Crippen LogP contribution < -0.4 is 0 Å². The molecule has 3 rings (SSSR count). The third kappa shape index (κ3) is 1.66. The minimum absolute atomic E-state index is 0.289. The number of nitrogens with zero attached hydrogens (tertiary/aromatic N) is 2. The van der Waals surface area contributed by atoms with Gasteiger partial charge in [-0.05, 0) is 43.4 Å². The first kappa shape index (κ1) is 11.5. The molecule has 1 N–H and O–H groups in total. The van der Waals surface area contributed by atoms with Gasteiger partial charge in [-0.1, -0.05) is 25.1 Å². The van der Waals surface area contributed by atoms with E-state index in [4.69, 9.17) is 0 Å². The summed E-state index contributed by atoms with van der Waals surface area (Å²) in [7, 11) is 0. The van der Waals surface area contributed by atoms with Crippen LogP contribution in [0.5, 0.6) is 0 Å². The van der Waals surface area contributed by atoms with E-state index in [0.29, 0.717) is 0 Å². The summed E-state index contributed by atoms with van der Waals surface area (Å²) < 4.78 is 1.86. The first-order valence-electron chi connectivity index (χ1n) is 6.54. The van der Waals surface area contributed by atoms with Gasteiger partial charge in [-0.3, -0.25) is 0 Å². The Morgan fingerprint density at radius 3 is 2.72 bits per heavy atom. The molecule has 1 saturated carbocycles. The first-order chi connectivity index (χ1) is 8.72. The van der Waals surface area contributed by atoms with E-state index in [1.54, 1.807) is 6.20 Å². The SMILES string of the molecule is CC1CCCC1(O)c1ccnn1-c1ccccc1. The van der Waals surface area contributed by atoms with Gasteiger partial charge in [0.25, 0.3) is 0 Å². The summed E-state index contributed by atoms with van der Waals surface area (Å²) in [4.78, 5) is 0. The van der Waals surface area contributed by atoms with E-state index >= 15 is 0 Å². The van der Waals surface area contributed by atoms with Crippen molar-refractivity contribution in [1.82, 2.24) is 9.78 Å². The van der Waals surface area contributed by atoms with Crippen LogP contribution in [0.3, 0.4) is 0 Å². The number of hydrogen-bond acceptors (Lipinski definition) is 2. The molecule has 0 saturated heterocycles. The van der Waals surface area contributed by atoms with E-state index in [2.05, 4.69) is 12.0 Å². The van der Waals surface area contributed by atoms with Crippen LogP contribution in [0.25, 0.3) is 5.69 Å². The van der Waals surface area contributed by atoms with Crippen molar-refractivity contribution in [2.75, 3.05) is 0 Å². The molecule has 3 heteroatoms. The number of benzene rings is 1. The van der Waals surface area contributed by atoms with E-state index in [1.165, 1.54) is 0 Å². The Bertz CT molecular complexity index is 534. The number of aromatic nitrogens is 2. The van der Waals surface area contributed by atoms with Crippen molar-refractivity contribution in [2.24, 2.45) is 5.92 Å². The minimum atomic E-state index is -0.730. The van der Waals surface area contributed by atoms with Crippen molar-refractivity contribution < 1.29 is 5.11 Å². The van der Waals surface area contributed by atoms with Crippen molar-refractivity contribution in [1.29, 1.82) is 0 Å². The van der Waals surface area contributed by atoms with E-state index in [0.717, 1.165) is 30.6 Å². The highest BCUT2D eigenvalue weighted by Crippen LogP contribution is 2.43. The van der Waals surface area contributed by atoms with E-state index < -0.39 is 5.60 Å². The smallest absolute Gasteiger partial charge is 0.109 e. The van der Waals surface area contributed by atoms with Gasteiger partial charge in [0.15, 0.2) is 0 Å². The van der Waals surface area contributed by atoms with Crippen molar-refractivity contribution in [2.45, 2.75) is 31.8 Å². The second-order valence-corrected chi connectivity index (χ2v) is 5.18. The molecule has 3 nitrogen and oxygen atoms in total. The predicted octanol–water partition coefficient (Wildman–Crippen LogP) is 2.88. The molecule has 1 aliphatic rings. The zero-order valence-electron chi connectivity index (χ0n) is 10.6. The highest BCUT2D eigenvalue weighted by atomic mass is 16.3. The molecule has 2 unspecified atom stereocenters. The lowest BCUT2D eigenvalue weighted by atomic mass is 9.89. The maximum absolute atomic E-state index is 10.9. The molecule has 0 amide bonds. The van der Waals surface area contributed by atoms with Gasteiger partial charge < -0.3 is 5.11 Å². The Kier molecular flexibility index (Phi) is 2.71. The zero-order chi connectivity index (χ0) is 12.6. The van der Waals surface area contributed by atoms with Gasteiger partial charge in [0.2, 0.25) is 0 Å². The van der Waals surface area contributed by atoms with Crippen LogP contribution in [0.4, 0.5) is 0 Å². The van der Waals surface area contributed by atoms with Crippen molar-refractivity contribution in [3.63, 3.8) is 0 Å². The van der Waals surface area contributed by atoms with E-state index in [1.807, 2.05) is 41.1 Å². The molecular weight excluding hydrogens is 224 g/mol. The maximum Gasteiger partial charge on any atom is 0.109 e. The Hall–Kier alpha value is -1.61. The Balaban J connectivity index is 2.07. The quantitative estimate of drug-likeness (QED) is 0.879. The van der Waals surface area contributed by atoms with Gasteiger partial charge in [-0.25, -0.2) is 4.68 Å². The first-order valence-corrected chi connectivity index (χ1v) is 6.54. The fourth-order valence-corrected chi connectivity index (χ4v) is 2.95. The molecule has 0 radical (unpaired) electrons. The molecule has 1 aromatic carbocycles. The van der Waals surface area contributed by atoms with E-state index in [-0.39, 0.29) is 5.92 Å². The second kappa shape index (κ2) is 4.25. The standard InChI is InChI=1S/C15H18N2O/c1-12-6-5-10-15(12,18)14-9-11-16-17(14)13-7-3-2-4-8-13/h2-4,7-9,11-12,18H,5-6,10H2,1H3. The van der Waals surface area contributed by atoms with E-state index in [9.17, 15) is 5.11 Å². The lowest BCUT2D eigenvalue weighted by Gasteiger charge is -2.28. The fraction of sp³-hybridized carbons (Fsp3) is 0.400. The molecular formula is C15H18N2O. The number of aliphatic hydroxyl groups is 1. The van der Waals surface area contributed by atoms with Crippen molar-refractivity contribution in [3.05, 3.63) is 48.3 Å². The largest absolute Gasteiger partial charge is 0.383 e. The highest BCUT2D eigenvalue weighted by molar-refractivity contribution is 5.34. The normalized spacial score (nSPS) is 27.6. The summed E-state index contributed by atoms with van der Waals surface area (Å²) in [5.74, 6) is 0.289. The summed E-state index contributed by atoms with van der Waals surface area (Å²) in [6, 6.07) is 11.9. The number of rotatable bonds is 2. The lowest BCUT2D eigenvalue weighted by Crippen LogP contribution is -2.31. The average Bonchev–Trinajstić information content (AvgIpc) is 2.99. The van der Waals surface area contributed by atoms with Crippen LogP contribution in [-0.2, 0) is 5.60 Å². The topological polar surface area (TPSA) is 38.1 Å². The summed E-state index contributed by atoms with van der Waals surface area (Å²) in [5, 5.41) is 15.3. The molecule has 1 heterocycles. The summed E-state index contributed by atoms with van der Waals surface area (Å²) in [5.41, 5.74) is 1.19. The maximum atomic E-state index is 10.9. The van der Waals surface area contributed by atoms with Crippen LogP contribution in [0.2, 0.25) is 0 Å². The Labute approximate surface area is 107 Å². The fourth-order valence-electron chi connectivity index (χ4n) is 2.95. The van der Waals surface area contributed by atoms with Crippen LogP contribution in [0.15, 0.2) is 42.6 Å². The highest BCUT2D eigenvalue weighted by Gasteiger charge is 2.42. The molecule has 0 bridgehead atoms. The minimum Gasteiger partial charge on any atom is -0.383 e. The third-order valence-corrected chi connectivity index (χ3v) is 4.10. The summed E-state index contributed by atoms with van der Waals surface area (Å²) >= 11 is 0. The molecule has 94 valence electrons. The molecule has 2 aromatic rings. The Morgan fingerprint density at radius 1 is 1.28 bits per heavy atom. The van der Waals surface area contributed by atoms with Crippen LogP contribution in [-0.4, -0.2) is 14.9 Å². The number of para-hydroxylation sites is 1. The predicted molar refractivity (Wildman–Crippen MR) is 70.5 cm³/mol. The van der Waals surface area contributed by atoms with Crippen molar-refractivity contribution >= 4 is 0 Å². The van der Waals surface area contributed by atoms with Gasteiger partial charge in [0, 0.05) is 6.20 Å². The van der Waals surface area contributed by atoms with Gasteiger partial charge in [0.1, 0.15) is 5.60 Å². The summed E-state index contributed by atoms with van der Waals surface area (Å²) in [6.07, 6.45) is 4.76. The average molecular weight is 242 g/mol. The molecule has 18 heavy (non-hydrogen) atoms. The molecule has 0 aliphatic heterocycles. The molecule has 1 aliphatic carbocycles. The van der Waals surface area contributed by atoms with Crippen LogP contribution in [0, 0.1) is 5.92 Å². The molecule has 0 spiro atoms.